The summed E-state index contributed by atoms with van der Waals surface area (Å²) in [6.07, 6.45) is 0. The molecule has 0 fully saturated rings. The van der Waals surface area contributed by atoms with Crippen LogP contribution in [0.25, 0.3) is 10.8 Å². The number of hydrogen-bond donors (Lipinski definition) is 2. The summed E-state index contributed by atoms with van der Waals surface area (Å²) in [7, 11) is 1.37. The van der Waals surface area contributed by atoms with Crippen LogP contribution in [0.2, 0.25) is 0 Å². The van der Waals surface area contributed by atoms with Crippen molar-refractivity contribution in [3.8, 4) is 5.75 Å². The minimum atomic E-state index is -1.16. The molecule has 2 aromatic carbocycles. The van der Waals surface area contributed by atoms with Crippen molar-refractivity contribution >= 4 is 38.6 Å². The summed E-state index contributed by atoms with van der Waals surface area (Å²) in [6.45, 7) is -0.374. The highest BCUT2D eigenvalue weighted by atomic mass is 79.9. The third kappa shape index (κ3) is 4.94. The highest BCUT2D eigenvalue weighted by Crippen LogP contribution is 2.24. The topological polar surface area (TPSA) is 84.9 Å². The predicted molar refractivity (Wildman–Crippen MR) is 88.6 cm³/mol. The molecule has 1 amide bonds. The van der Waals surface area contributed by atoms with E-state index in [1.807, 2.05) is 30.3 Å². The fourth-order valence-electron chi connectivity index (χ4n) is 2.01. The molecule has 0 spiro atoms. The van der Waals surface area contributed by atoms with E-state index in [0.29, 0.717) is 5.75 Å². The number of amides is 1. The van der Waals surface area contributed by atoms with Crippen molar-refractivity contribution in [3.63, 3.8) is 0 Å². The Hall–Kier alpha value is -2.12. The van der Waals surface area contributed by atoms with Gasteiger partial charge in [0.25, 0.3) is 5.91 Å². The summed E-state index contributed by atoms with van der Waals surface area (Å²) in [5.41, 5.74) is 0. The number of ether oxygens (including phenoxy) is 2. The van der Waals surface area contributed by atoms with E-state index < -0.39 is 17.9 Å². The lowest BCUT2D eigenvalue weighted by molar-refractivity contribution is -0.143. The van der Waals surface area contributed by atoms with Crippen molar-refractivity contribution in [3.05, 3.63) is 40.9 Å². The number of rotatable bonds is 7. The lowest BCUT2D eigenvalue weighted by Gasteiger charge is -2.14. The Kier molecular flexibility index (Phi) is 5.95. The first-order valence-electron chi connectivity index (χ1n) is 6.83. The maximum atomic E-state index is 11.8. The second-order valence-electron chi connectivity index (χ2n) is 4.86. The van der Waals surface area contributed by atoms with Crippen LogP contribution in [0.15, 0.2) is 40.9 Å². The van der Waals surface area contributed by atoms with Crippen molar-refractivity contribution in [2.24, 2.45) is 0 Å². The monoisotopic (exact) mass is 381 g/mol. The van der Waals surface area contributed by atoms with E-state index in [1.165, 1.54) is 7.11 Å². The Balaban J connectivity index is 1.96. The van der Waals surface area contributed by atoms with Crippen molar-refractivity contribution < 1.29 is 24.2 Å². The molecule has 0 aliphatic rings. The first-order valence-corrected chi connectivity index (χ1v) is 7.62. The molecule has 0 saturated heterocycles. The third-order valence-corrected chi connectivity index (χ3v) is 3.60. The van der Waals surface area contributed by atoms with Gasteiger partial charge < -0.3 is 19.9 Å². The van der Waals surface area contributed by atoms with Gasteiger partial charge in [-0.15, -0.1) is 0 Å². The molecule has 6 nitrogen and oxygen atoms in total. The SMILES string of the molecule is COCC(NC(=O)COc1ccc2cc(Br)ccc2c1)C(=O)O. The van der Waals surface area contributed by atoms with Crippen LogP contribution in [-0.2, 0) is 14.3 Å². The Morgan fingerprint density at radius 3 is 2.61 bits per heavy atom. The normalized spacial score (nSPS) is 11.9. The second-order valence-corrected chi connectivity index (χ2v) is 5.77. The molecular formula is C16H16BrNO5. The van der Waals surface area contributed by atoms with Crippen molar-refractivity contribution in [2.45, 2.75) is 6.04 Å². The van der Waals surface area contributed by atoms with Crippen LogP contribution in [0.1, 0.15) is 0 Å². The first-order chi connectivity index (χ1) is 11.0. The summed E-state index contributed by atoms with van der Waals surface area (Å²) in [5, 5.41) is 13.3. The van der Waals surface area contributed by atoms with Gasteiger partial charge in [-0.2, -0.15) is 0 Å². The molecule has 0 radical (unpaired) electrons. The number of methoxy groups -OCH3 is 1. The predicted octanol–water partition coefficient (Wildman–Crippen LogP) is 2.20. The molecule has 1 atom stereocenters. The van der Waals surface area contributed by atoms with Gasteiger partial charge in [0.05, 0.1) is 6.61 Å². The lowest BCUT2D eigenvalue weighted by Crippen LogP contribution is -2.45. The minimum Gasteiger partial charge on any atom is -0.484 e. The van der Waals surface area contributed by atoms with E-state index in [-0.39, 0.29) is 13.2 Å². The molecule has 0 aliphatic heterocycles. The highest BCUT2D eigenvalue weighted by Gasteiger charge is 2.19. The number of carbonyl (C=O) groups is 2. The summed E-state index contributed by atoms with van der Waals surface area (Å²) in [4.78, 5) is 22.7. The summed E-state index contributed by atoms with van der Waals surface area (Å²) < 4.78 is 11.1. The first kappa shape index (κ1) is 17.2. The van der Waals surface area contributed by atoms with Crippen LogP contribution in [0.5, 0.6) is 5.75 Å². The van der Waals surface area contributed by atoms with Gasteiger partial charge in [0.2, 0.25) is 0 Å². The molecule has 122 valence electrons. The number of nitrogens with one attached hydrogen (secondary N) is 1. The van der Waals surface area contributed by atoms with Gasteiger partial charge in [-0.25, -0.2) is 4.79 Å². The number of carbonyl (C=O) groups excluding carboxylic acids is 1. The van der Waals surface area contributed by atoms with Crippen LogP contribution in [0.4, 0.5) is 0 Å². The number of benzene rings is 2. The van der Waals surface area contributed by atoms with E-state index in [2.05, 4.69) is 21.2 Å². The zero-order valence-corrected chi connectivity index (χ0v) is 14.0. The molecular weight excluding hydrogens is 366 g/mol. The van der Waals surface area contributed by atoms with Gasteiger partial charge in [-0.05, 0) is 35.0 Å². The fraction of sp³-hybridized carbons (Fsp3) is 0.250. The average molecular weight is 382 g/mol. The largest absolute Gasteiger partial charge is 0.484 e. The number of hydrogen-bond acceptors (Lipinski definition) is 4. The second kappa shape index (κ2) is 7.94. The fourth-order valence-corrected chi connectivity index (χ4v) is 2.39. The molecule has 0 aliphatic carbocycles. The zero-order chi connectivity index (χ0) is 16.8. The molecule has 0 heterocycles. The van der Waals surface area contributed by atoms with Gasteiger partial charge in [0.15, 0.2) is 12.6 Å². The van der Waals surface area contributed by atoms with Gasteiger partial charge >= 0.3 is 5.97 Å². The van der Waals surface area contributed by atoms with E-state index >= 15 is 0 Å². The van der Waals surface area contributed by atoms with E-state index in [1.54, 1.807) is 6.07 Å². The Morgan fingerprint density at radius 1 is 1.22 bits per heavy atom. The molecule has 7 heteroatoms. The summed E-state index contributed by atoms with van der Waals surface area (Å²) in [6, 6.07) is 10.2. The Labute approximate surface area is 141 Å². The average Bonchev–Trinajstić information content (AvgIpc) is 2.52. The van der Waals surface area contributed by atoms with Crippen LogP contribution in [-0.4, -0.2) is 43.3 Å². The van der Waals surface area contributed by atoms with Crippen LogP contribution >= 0.6 is 15.9 Å². The highest BCUT2D eigenvalue weighted by molar-refractivity contribution is 9.10. The lowest BCUT2D eigenvalue weighted by atomic mass is 10.1. The smallest absolute Gasteiger partial charge is 0.328 e. The van der Waals surface area contributed by atoms with E-state index in [4.69, 9.17) is 14.6 Å². The van der Waals surface area contributed by atoms with Crippen LogP contribution < -0.4 is 10.1 Å². The summed E-state index contributed by atoms with van der Waals surface area (Å²) in [5.74, 6) is -1.14. The zero-order valence-electron chi connectivity index (χ0n) is 12.4. The maximum absolute atomic E-state index is 11.8. The standard InChI is InChI=1S/C16H16BrNO5/c1-22-8-14(16(20)21)18-15(19)9-23-13-5-3-10-6-12(17)4-2-11(10)7-13/h2-7,14H,8-9H2,1H3,(H,18,19)(H,20,21). The number of carboxylic acids is 1. The quantitative estimate of drug-likeness (QED) is 0.767. The molecule has 2 rings (SSSR count). The molecule has 0 aromatic heterocycles. The number of carboxylic acid groups (broad SMARTS) is 1. The number of fused-ring (bicyclic) bond motifs is 1. The molecule has 23 heavy (non-hydrogen) atoms. The van der Waals surface area contributed by atoms with Gasteiger partial charge in [-0.1, -0.05) is 28.1 Å². The van der Waals surface area contributed by atoms with Crippen LogP contribution in [0.3, 0.4) is 0 Å². The molecule has 0 saturated carbocycles. The third-order valence-electron chi connectivity index (χ3n) is 3.11. The van der Waals surface area contributed by atoms with Gasteiger partial charge in [-0.3, -0.25) is 4.79 Å². The van der Waals surface area contributed by atoms with Crippen molar-refractivity contribution in [1.82, 2.24) is 5.32 Å². The Bertz CT molecular complexity index is 719. The number of halogens is 1. The van der Waals surface area contributed by atoms with E-state index in [0.717, 1.165) is 15.2 Å². The van der Waals surface area contributed by atoms with Gasteiger partial charge in [0, 0.05) is 11.6 Å². The van der Waals surface area contributed by atoms with E-state index in [9.17, 15) is 9.59 Å². The number of aliphatic carboxylic acids is 1. The molecule has 0 bridgehead atoms. The van der Waals surface area contributed by atoms with Crippen molar-refractivity contribution in [2.75, 3.05) is 20.3 Å². The molecule has 1 unspecified atom stereocenters. The van der Waals surface area contributed by atoms with Crippen molar-refractivity contribution in [1.29, 1.82) is 0 Å². The van der Waals surface area contributed by atoms with Crippen LogP contribution in [0, 0.1) is 0 Å². The Morgan fingerprint density at radius 2 is 1.91 bits per heavy atom. The molecule has 2 aromatic rings. The van der Waals surface area contributed by atoms with Gasteiger partial charge in [0.1, 0.15) is 5.75 Å². The molecule has 2 N–H and O–H groups in total. The minimum absolute atomic E-state index is 0.105. The summed E-state index contributed by atoms with van der Waals surface area (Å²) >= 11 is 3.41. The maximum Gasteiger partial charge on any atom is 0.328 e.